The van der Waals surface area contributed by atoms with Crippen LogP contribution in [0.15, 0.2) is 12.1 Å². The summed E-state index contributed by atoms with van der Waals surface area (Å²) in [4.78, 5) is 1.21. The number of hydrogen-bond donors (Lipinski definition) is 2. The van der Waals surface area contributed by atoms with Gasteiger partial charge in [-0.15, -0.1) is 10.2 Å². The topological polar surface area (TPSA) is 81.7 Å². The Labute approximate surface area is 106 Å². The molecule has 102 valence electrons. The lowest BCUT2D eigenvalue weighted by atomic mass is 10.0. The van der Waals surface area contributed by atoms with Crippen LogP contribution in [0.2, 0.25) is 0 Å². The third-order valence-electron chi connectivity index (χ3n) is 2.53. The Bertz CT molecular complexity index is 561. The molecule has 1 aromatic carbocycles. The average Bonchev–Trinajstić information content (AvgIpc) is 2.72. The Kier molecular flexibility index (Phi) is 3.76. The molecule has 0 amide bonds. The van der Waals surface area contributed by atoms with Crippen LogP contribution in [0.25, 0.3) is 0 Å². The van der Waals surface area contributed by atoms with Crippen molar-refractivity contribution in [2.24, 2.45) is 12.9 Å². The molecule has 6 nitrogen and oxygen atoms in total. The molecular weight excluding hydrogens is 261 g/mol. The molecule has 0 spiro atoms. The maximum absolute atomic E-state index is 13.6. The first-order valence-corrected chi connectivity index (χ1v) is 5.34. The fourth-order valence-electron chi connectivity index (χ4n) is 1.72. The quantitative estimate of drug-likeness (QED) is 0.621. The van der Waals surface area contributed by atoms with Crippen molar-refractivity contribution in [1.29, 1.82) is 0 Å². The molecule has 9 heteroatoms. The van der Waals surface area contributed by atoms with E-state index in [2.05, 4.69) is 20.8 Å². The van der Waals surface area contributed by atoms with Gasteiger partial charge in [0.05, 0.1) is 13.1 Å². The van der Waals surface area contributed by atoms with E-state index in [0.29, 0.717) is 12.1 Å². The van der Waals surface area contributed by atoms with Crippen LogP contribution >= 0.6 is 0 Å². The smallest absolute Gasteiger partial charge is 0.176 e. The molecule has 1 heterocycles. The first kappa shape index (κ1) is 13.4. The van der Waals surface area contributed by atoms with Crippen LogP contribution in [0.1, 0.15) is 17.4 Å². The van der Waals surface area contributed by atoms with Crippen molar-refractivity contribution in [1.82, 2.24) is 25.6 Å². The van der Waals surface area contributed by atoms with Gasteiger partial charge in [0.25, 0.3) is 0 Å². The van der Waals surface area contributed by atoms with Crippen LogP contribution in [0.4, 0.5) is 13.2 Å². The van der Waals surface area contributed by atoms with Crippen molar-refractivity contribution in [2.45, 2.75) is 12.5 Å². The summed E-state index contributed by atoms with van der Waals surface area (Å²) in [6.45, 7) is 0. The van der Waals surface area contributed by atoms with E-state index in [9.17, 15) is 13.2 Å². The summed E-state index contributed by atoms with van der Waals surface area (Å²) in [5, 5.41) is 11.2. The lowest BCUT2D eigenvalue weighted by Gasteiger charge is -2.16. The number of nitrogens with two attached hydrogens (primary N) is 1. The van der Waals surface area contributed by atoms with Gasteiger partial charge in [-0.2, -0.15) is 4.80 Å². The van der Waals surface area contributed by atoms with E-state index < -0.39 is 23.5 Å². The zero-order valence-electron chi connectivity index (χ0n) is 9.94. The summed E-state index contributed by atoms with van der Waals surface area (Å²) in [5.74, 6) is 2.49. The molecule has 1 unspecified atom stereocenters. The molecule has 0 bridgehead atoms. The summed E-state index contributed by atoms with van der Waals surface area (Å²) in [6, 6.07) is 0.254. The van der Waals surface area contributed by atoms with Gasteiger partial charge in [-0.25, -0.2) is 13.2 Å². The van der Waals surface area contributed by atoms with E-state index in [1.54, 1.807) is 7.05 Å². The molecule has 0 saturated carbocycles. The van der Waals surface area contributed by atoms with Crippen molar-refractivity contribution in [2.75, 3.05) is 0 Å². The number of tetrazole rings is 1. The van der Waals surface area contributed by atoms with Crippen molar-refractivity contribution in [3.05, 3.63) is 41.0 Å². The summed E-state index contributed by atoms with van der Waals surface area (Å²) >= 11 is 0. The minimum atomic E-state index is -1.02. The van der Waals surface area contributed by atoms with Gasteiger partial charge in [0.2, 0.25) is 0 Å². The number of hydrogen-bond acceptors (Lipinski definition) is 5. The SMILES string of the molecule is Cn1nnc(CC(NN)c2c(F)cc(F)cc2F)n1. The van der Waals surface area contributed by atoms with E-state index in [-0.39, 0.29) is 17.8 Å². The number of nitrogens with one attached hydrogen (secondary N) is 1. The molecule has 0 aliphatic rings. The van der Waals surface area contributed by atoms with Gasteiger partial charge in [0, 0.05) is 24.1 Å². The fourth-order valence-corrected chi connectivity index (χ4v) is 1.72. The number of benzene rings is 1. The third-order valence-corrected chi connectivity index (χ3v) is 2.53. The average molecular weight is 272 g/mol. The molecule has 0 aliphatic heterocycles. The third kappa shape index (κ3) is 2.88. The van der Waals surface area contributed by atoms with Gasteiger partial charge in [-0.05, 0) is 5.21 Å². The van der Waals surface area contributed by atoms with Gasteiger partial charge in [0.1, 0.15) is 17.5 Å². The Morgan fingerprint density at radius 2 is 1.95 bits per heavy atom. The molecule has 0 saturated heterocycles. The van der Waals surface area contributed by atoms with E-state index in [1.165, 1.54) is 4.80 Å². The maximum atomic E-state index is 13.6. The van der Waals surface area contributed by atoms with Crippen LogP contribution in [-0.4, -0.2) is 20.2 Å². The van der Waals surface area contributed by atoms with Gasteiger partial charge in [-0.3, -0.25) is 11.3 Å². The minimum Gasteiger partial charge on any atom is -0.271 e. The summed E-state index contributed by atoms with van der Waals surface area (Å²) in [6.07, 6.45) is 0.0177. The van der Waals surface area contributed by atoms with Crippen molar-refractivity contribution >= 4 is 0 Å². The molecule has 0 fully saturated rings. The summed E-state index contributed by atoms with van der Waals surface area (Å²) in [7, 11) is 1.56. The lowest BCUT2D eigenvalue weighted by molar-refractivity contribution is 0.456. The zero-order valence-corrected chi connectivity index (χ0v) is 9.94. The molecule has 3 N–H and O–H groups in total. The molecule has 19 heavy (non-hydrogen) atoms. The van der Waals surface area contributed by atoms with E-state index in [1.807, 2.05) is 0 Å². The van der Waals surface area contributed by atoms with Crippen LogP contribution < -0.4 is 11.3 Å². The molecule has 2 rings (SSSR count). The van der Waals surface area contributed by atoms with Gasteiger partial charge in [-0.1, -0.05) is 0 Å². The molecule has 0 aliphatic carbocycles. The second-order valence-corrected chi connectivity index (χ2v) is 3.90. The monoisotopic (exact) mass is 272 g/mol. The number of halogens is 3. The Hall–Kier alpha value is -2.00. The molecule has 1 aromatic heterocycles. The zero-order chi connectivity index (χ0) is 14.0. The highest BCUT2D eigenvalue weighted by molar-refractivity contribution is 5.25. The van der Waals surface area contributed by atoms with Gasteiger partial charge < -0.3 is 0 Å². The van der Waals surface area contributed by atoms with Crippen molar-refractivity contribution in [3.63, 3.8) is 0 Å². The molecule has 0 radical (unpaired) electrons. The second-order valence-electron chi connectivity index (χ2n) is 3.90. The molecule has 1 atom stereocenters. The van der Waals surface area contributed by atoms with Crippen LogP contribution in [0, 0.1) is 17.5 Å². The second kappa shape index (κ2) is 5.33. The summed E-state index contributed by atoms with van der Waals surface area (Å²) in [5.41, 5.74) is 1.89. The normalized spacial score (nSPS) is 12.7. The van der Waals surface area contributed by atoms with Crippen LogP contribution in [-0.2, 0) is 13.5 Å². The van der Waals surface area contributed by atoms with Gasteiger partial charge >= 0.3 is 0 Å². The number of nitrogens with zero attached hydrogens (tertiary/aromatic N) is 4. The van der Waals surface area contributed by atoms with Crippen LogP contribution in [0.5, 0.6) is 0 Å². The standard InChI is InChI=1S/C10H11F3N6/c1-19-17-9(16-18-19)4-8(15-14)10-6(12)2-5(11)3-7(10)13/h2-3,8,15H,4,14H2,1H3. The first-order valence-electron chi connectivity index (χ1n) is 5.34. The highest BCUT2D eigenvalue weighted by atomic mass is 19.1. The number of aromatic nitrogens is 4. The molecular formula is C10H11F3N6. The van der Waals surface area contributed by atoms with Crippen molar-refractivity contribution < 1.29 is 13.2 Å². The van der Waals surface area contributed by atoms with Gasteiger partial charge in [0.15, 0.2) is 5.82 Å². The predicted octanol–water partition coefficient (Wildman–Crippen LogP) is 0.374. The maximum Gasteiger partial charge on any atom is 0.176 e. The van der Waals surface area contributed by atoms with Crippen molar-refractivity contribution in [3.8, 4) is 0 Å². The summed E-state index contributed by atoms with van der Waals surface area (Å²) < 4.78 is 40.1. The highest BCUT2D eigenvalue weighted by Gasteiger charge is 2.22. The molecule has 2 aromatic rings. The van der Waals surface area contributed by atoms with E-state index in [4.69, 9.17) is 5.84 Å². The van der Waals surface area contributed by atoms with Crippen LogP contribution in [0.3, 0.4) is 0 Å². The highest BCUT2D eigenvalue weighted by Crippen LogP contribution is 2.23. The minimum absolute atomic E-state index is 0.0177. The lowest BCUT2D eigenvalue weighted by Crippen LogP contribution is -2.31. The largest absolute Gasteiger partial charge is 0.271 e. The number of aryl methyl sites for hydroxylation is 1. The van der Waals surface area contributed by atoms with E-state index in [0.717, 1.165) is 0 Å². The number of hydrazine groups is 1. The van der Waals surface area contributed by atoms with E-state index >= 15 is 0 Å². The Morgan fingerprint density at radius 3 is 2.42 bits per heavy atom. The Balaban J connectivity index is 2.32. The first-order chi connectivity index (χ1) is 9.01. The number of rotatable bonds is 4. The fraction of sp³-hybridized carbons (Fsp3) is 0.300. The Morgan fingerprint density at radius 1 is 1.32 bits per heavy atom. The predicted molar refractivity (Wildman–Crippen MR) is 58.9 cm³/mol.